The molecular formula is C14H20O4. The van der Waals surface area contributed by atoms with Crippen LogP contribution in [0.15, 0.2) is 22.3 Å². The van der Waals surface area contributed by atoms with Crippen molar-refractivity contribution in [2.75, 3.05) is 13.2 Å². The molecule has 2 N–H and O–H groups in total. The molecule has 1 aliphatic carbocycles. The Kier molecular flexibility index (Phi) is 4.99. The predicted molar refractivity (Wildman–Crippen MR) is 68.0 cm³/mol. The van der Waals surface area contributed by atoms with Gasteiger partial charge in [0.15, 0.2) is 11.6 Å². The Hall–Kier alpha value is -1.26. The Balaban J connectivity index is 3.10. The molecule has 0 saturated carbocycles. The van der Waals surface area contributed by atoms with Crippen molar-refractivity contribution in [2.45, 2.75) is 33.6 Å². The lowest BCUT2D eigenvalue weighted by atomic mass is 9.82. The fourth-order valence-corrected chi connectivity index (χ4v) is 2.06. The summed E-state index contributed by atoms with van der Waals surface area (Å²) in [7, 11) is 0. The summed E-state index contributed by atoms with van der Waals surface area (Å²) < 4.78 is 0. The molecule has 18 heavy (non-hydrogen) atoms. The Labute approximate surface area is 107 Å². The van der Waals surface area contributed by atoms with Gasteiger partial charge in [-0.3, -0.25) is 9.59 Å². The number of rotatable bonds is 5. The highest BCUT2D eigenvalue weighted by molar-refractivity contribution is 6.25. The first kappa shape index (κ1) is 14.8. The minimum Gasteiger partial charge on any atom is -0.392 e. The van der Waals surface area contributed by atoms with E-state index in [0.29, 0.717) is 23.5 Å². The molecule has 0 amide bonds. The second kappa shape index (κ2) is 6.07. The van der Waals surface area contributed by atoms with Gasteiger partial charge in [0.25, 0.3) is 0 Å². The summed E-state index contributed by atoms with van der Waals surface area (Å²) >= 11 is 0. The van der Waals surface area contributed by atoms with Gasteiger partial charge in [-0.25, -0.2) is 0 Å². The van der Waals surface area contributed by atoms with Crippen molar-refractivity contribution in [3.05, 3.63) is 22.3 Å². The number of ketones is 2. The molecule has 0 fully saturated rings. The van der Waals surface area contributed by atoms with Crippen molar-refractivity contribution >= 4 is 11.6 Å². The van der Waals surface area contributed by atoms with Crippen molar-refractivity contribution in [1.82, 2.24) is 0 Å². The zero-order valence-electron chi connectivity index (χ0n) is 11.1. The summed E-state index contributed by atoms with van der Waals surface area (Å²) in [5.74, 6) is -0.173. The quantitative estimate of drug-likeness (QED) is 0.720. The third-order valence-electron chi connectivity index (χ3n) is 3.27. The van der Waals surface area contributed by atoms with E-state index in [1.54, 1.807) is 6.92 Å². The van der Waals surface area contributed by atoms with Gasteiger partial charge in [-0.15, -0.1) is 0 Å². The number of hydrogen-bond donors (Lipinski definition) is 2. The molecule has 0 bridgehead atoms. The Morgan fingerprint density at radius 3 is 1.89 bits per heavy atom. The summed E-state index contributed by atoms with van der Waals surface area (Å²) in [5.41, 5.74) is 0.969. The van der Waals surface area contributed by atoms with Gasteiger partial charge in [0, 0.05) is 22.3 Å². The largest absolute Gasteiger partial charge is 0.392 e. The van der Waals surface area contributed by atoms with Crippen molar-refractivity contribution in [1.29, 1.82) is 0 Å². The molecule has 0 unspecified atom stereocenters. The first-order valence-corrected chi connectivity index (χ1v) is 6.16. The van der Waals surface area contributed by atoms with E-state index in [1.165, 1.54) is 0 Å². The number of allylic oxidation sites excluding steroid dienone is 2. The monoisotopic (exact) mass is 252 g/mol. The maximum atomic E-state index is 12.2. The van der Waals surface area contributed by atoms with Gasteiger partial charge in [-0.1, -0.05) is 13.8 Å². The molecule has 1 aliphatic rings. The second-order valence-corrected chi connectivity index (χ2v) is 4.97. The van der Waals surface area contributed by atoms with E-state index < -0.39 is 13.2 Å². The molecule has 0 atom stereocenters. The number of aliphatic hydroxyl groups is 2. The fourth-order valence-electron chi connectivity index (χ4n) is 2.06. The molecule has 0 heterocycles. The lowest BCUT2D eigenvalue weighted by Gasteiger charge is -2.21. The molecule has 0 aromatic heterocycles. The number of Topliss-reactive ketones (excluding diaryl/α,β-unsaturated/α-hetero) is 2. The fraction of sp³-hybridized carbons (Fsp3) is 0.571. The molecule has 100 valence electrons. The Morgan fingerprint density at radius 1 is 0.944 bits per heavy atom. The Bertz CT molecular complexity index is 427. The third-order valence-corrected chi connectivity index (χ3v) is 3.27. The van der Waals surface area contributed by atoms with Crippen LogP contribution in [0.25, 0.3) is 0 Å². The molecule has 0 aromatic carbocycles. The number of hydrogen-bond acceptors (Lipinski definition) is 4. The van der Waals surface area contributed by atoms with Gasteiger partial charge in [-0.05, 0) is 25.7 Å². The van der Waals surface area contributed by atoms with Crippen LogP contribution in [0.2, 0.25) is 0 Å². The molecule has 0 aromatic rings. The smallest absolute Gasteiger partial charge is 0.188 e. The summed E-state index contributed by atoms with van der Waals surface area (Å²) in [6.07, 6.45) is 1.36. The molecule has 0 aliphatic heterocycles. The SMILES string of the molecule is CC1=C(CCC(C)C)C(=O)C(CO)=C(CO)C1=O. The highest BCUT2D eigenvalue weighted by atomic mass is 16.3. The molecule has 4 nitrogen and oxygen atoms in total. The Morgan fingerprint density at radius 2 is 1.44 bits per heavy atom. The topological polar surface area (TPSA) is 74.6 Å². The van der Waals surface area contributed by atoms with Crippen LogP contribution in [0, 0.1) is 5.92 Å². The summed E-state index contributed by atoms with van der Waals surface area (Å²) in [5, 5.41) is 18.3. The van der Waals surface area contributed by atoms with Crippen LogP contribution >= 0.6 is 0 Å². The average molecular weight is 252 g/mol. The van der Waals surface area contributed by atoms with Gasteiger partial charge < -0.3 is 10.2 Å². The van der Waals surface area contributed by atoms with Crippen LogP contribution in [0.5, 0.6) is 0 Å². The minimum atomic E-state index is -0.505. The van der Waals surface area contributed by atoms with Gasteiger partial charge in [0.2, 0.25) is 0 Å². The number of carbonyl (C=O) groups is 2. The third kappa shape index (κ3) is 2.76. The highest BCUT2D eigenvalue weighted by Crippen LogP contribution is 2.28. The van der Waals surface area contributed by atoms with Crippen molar-refractivity contribution in [3.8, 4) is 0 Å². The maximum Gasteiger partial charge on any atom is 0.188 e. The van der Waals surface area contributed by atoms with Crippen molar-refractivity contribution in [3.63, 3.8) is 0 Å². The van der Waals surface area contributed by atoms with Crippen LogP contribution < -0.4 is 0 Å². The first-order valence-electron chi connectivity index (χ1n) is 6.16. The first-order chi connectivity index (χ1) is 8.43. The predicted octanol–water partition coefficient (Wildman–Crippen LogP) is 1.17. The van der Waals surface area contributed by atoms with Crippen LogP contribution in [0.3, 0.4) is 0 Å². The molecular weight excluding hydrogens is 232 g/mol. The van der Waals surface area contributed by atoms with E-state index in [-0.39, 0.29) is 22.7 Å². The van der Waals surface area contributed by atoms with Gasteiger partial charge in [0.05, 0.1) is 13.2 Å². The van der Waals surface area contributed by atoms with Crippen molar-refractivity contribution < 1.29 is 19.8 Å². The lowest BCUT2D eigenvalue weighted by molar-refractivity contribution is -0.117. The number of carbonyl (C=O) groups excluding carboxylic acids is 2. The zero-order valence-corrected chi connectivity index (χ0v) is 11.1. The molecule has 0 spiro atoms. The zero-order chi connectivity index (χ0) is 13.9. The van der Waals surface area contributed by atoms with E-state index in [0.717, 1.165) is 6.42 Å². The van der Waals surface area contributed by atoms with E-state index in [4.69, 9.17) is 5.11 Å². The molecule has 4 heteroatoms. The molecule has 0 radical (unpaired) electrons. The van der Waals surface area contributed by atoms with Crippen LogP contribution in [-0.2, 0) is 9.59 Å². The van der Waals surface area contributed by atoms with E-state index in [2.05, 4.69) is 0 Å². The van der Waals surface area contributed by atoms with Gasteiger partial charge >= 0.3 is 0 Å². The van der Waals surface area contributed by atoms with Crippen LogP contribution in [0.1, 0.15) is 33.6 Å². The standard InChI is InChI=1S/C14H20O4/c1-8(2)4-5-10-9(3)13(17)11(6-15)12(7-16)14(10)18/h8,15-16H,4-7H2,1-3H3. The lowest BCUT2D eigenvalue weighted by Crippen LogP contribution is -2.26. The van der Waals surface area contributed by atoms with Gasteiger partial charge in [-0.2, -0.15) is 0 Å². The van der Waals surface area contributed by atoms with E-state index >= 15 is 0 Å². The molecule has 1 rings (SSSR count). The molecule has 0 saturated heterocycles. The van der Waals surface area contributed by atoms with E-state index in [9.17, 15) is 14.7 Å². The van der Waals surface area contributed by atoms with Crippen LogP contribution in [-0.4, -0.2) is 35.0 Å². The summed E-state index contributed by atoms with van der Waals surface area (Å²) in [4.78, 5) is 24.1. The number of aliphatic hydroxyl groups excluding tert-OH is 2. The van der Waals surface area contributed by atoms with Crippen molar-refractivity contribution in [2.24, 2.45) is 5.92 Å². The highest BCUT2D eigenvalue weighted by Gasteiger charge is 2.31. The van der Waals surface area contributed by atoms with E-state index in [1.807, 2.05) is 13.8 Å². The maximum absolute atomic E-state index is 12.2. The summed E-state index contributed by atoms with van der Waals surface area (Å²) in [6, 6.07) is 0. The summed E-state index contributed by atoms with van der Waals surface area (Å²) in [6.45, 7) is 4.70. The average Bonchev–Trinajstić information content (AvgIpc) is 2.32. The normalized spacial score (nSPS) is 17.2. The minimum absolute atomic E-state index is 0.0355. The second-order valence-electron chi connectivity index (χ2n) is 4.97. The van der Waals surface area contributed by atoms with Crippen LogP contribution in [0.4, 0.5) is 0 Å². The van der Waals surface area contributed by atoms with Gasteiger partial charge in [0.1, 0.15) is 0 Å².